The summed E-state index contributed by atoms with van der Waals surface area (Å²) in [5.74, 6) is -0.842. The summed E-state index contributed by atoms with van der Waals surface area (Å²) in [5, 5.41) is 22.4. The monoisotopic (exact) mass is 426 g/mol. The second-order valence-electron chi connectivity index (χ2n) is 6.82. The first-order chi connectivity index (χ1) is 14.0. The average Bonchev–Trinajstić information content (AvgIpc) is 2.72. The third kappa shape index (κ3) is 6.36. The highest BCUT2D eigenvalue weighted by Gasteiger charge is 2.18. The topological polar surface area (TPSA) is 57.5 Å². The van der Waals surface area contributed by atoms with Crippen LogP contribution in [0, 0.1) is 0 Å². The first-order valence-corrected chi connectivity index (χ1v) is 10.8. The lowest BCUT2D eigenvalue weighted by Crippen LogP contribution is -2.21. The number of fused-ring (bicyclic) bond motifs is 1. The fourth-order valence-electron chi connectivity index (χ4n) is 3.14. The molecular weight excluding hydrogens is 404 g/mol. The maximum absolute atomic E-state index is 10.8. The minimum Gasteiger partial charge on any atom is -0.481 e. The summed E-state index contributed by atoms with van der Waals surface area (Å²) in [6.07, 6.45) is 4.32. The molecule has 0 unspecified atom stereocenters. The molecule has 0 bridgehead atoms. The molecule has 150 valence electrons. The van der Waals surface area contributed by atoms with Gasteiger partial charge in [0.2, 0.25) is 0 Å². The SMILES string of the molecule is O=C(O)CCC[C@@H](O)[C@H](/C=C/c1cccc2ccccc12)Sc1ccc(Cl)cc1. The van der Waals surface area contributed by atoms with Crippen LogP contribution in [-0.2, 0) is 4.79 Å². The molecule has 2 atom stereocenters. The highest BCUT2D eigenvalue weighted by molar-refractivity contribution is 8.00. The second-order valence-corrected chi connectivity index (χ2v) is 8.51. The lowest BCUT2D eigenvalue weighted by Gasteiger charge is -2.19. The Morgan fingerprint density at radius 2 is 1.76 bits per heavy atom. The van der Waals surface area contributed by atoms with Crippen molar-refractivity contribution in [2.75, 3.05) is 0 Å². The predicted molar refractivity (Wildman–Crippen MR) is 122 cm³/mol. The van der Waals surface area contributed by atoms with Crippen molar-refractivity contribution in [3.63, 3.8) is 0 Å². The molecule has 3 nitrogen and oxygen atoms in total. The highest BCUT2D eigenvalue weighted by atomic mass is 35.5. The second kappa shape index (κ2) is 10.5. The Kier molecular flexibility index (Phi) is 7.76. The summed E-state index contributed by atoms with van der Waals surface area (Å²) in [5.41, 5.74) is 1.09. The van der Waals surface area contributed by atoms with Crippen molar-refractivity contribution in [2.45, 2.75) is 35.5 Å². The lowest BCUT2D eigenvalue weighted by molar-refractivity contribution is -0.137. The Morgan fingerprint density at radius 3 is 2.52 bits per heavy atom. The van der Waals surface area contributed by atoms with E-state index in [0.29, 0.717) is 17.9 Å². The van der Waals surface area contributed by atoms with Crippen LogP contribution in [0.5, 0.6) is 0 Å². The van der Waals surface area contributed by atoms with Gasteiger partial charge in [-0.3, -0.25) is 4.79 Å². The quantitative estimate of drug-likeness (QED) is 0.395. The molecular formula is C24H23ClO3S. The number of hydrogen-bond acceptors (Lipinski definition) is 3. The van der Waals surface area contributed by atoms with E-state index in [1.54, 1.807) is 11.8 Å². The van der Waals surface area contributed by atoms with Gasteiger partial charge in [0, 0.05) is 16.3 Å². The largest absolute Gasteiger partial charge is 0.481 e. The minimum atomic E-state index is -0.842. The summed E-state index contributed by atoms with van der Waals surface area (Å²) in [6, 6.07) is 21.8. The maximum atomic E-state index is 10.8. The maximum Gasteiger partial charge on any atom is 0.303 e. The van der Waals surface area contributed by atoms with Crippen molar-refractivity contribution in [3.05, 3.63) is 83.4 Å². The number of aliphatic hydroxyl groups is 1. The molecule has 3 rings (SSSR count). The molecule has 3 aromatic carbocycles. The zero-order chi connectivity index (χ0) is 20.6. The van der Waals surface area contributed by atoms with Crippen LogP contribution in [-0.4, -0.2) is 27.5 Å². The molecule has 0 saturated heterocycles. The minimum absolute atomic E-state index is 0.0580. The van der Waals surface area contributed by atoms with Gasteiger partial charge in [-0.05, 0) is 53.4 Å². The van der Waals surface area contributed by atoms with E-state index in [-0.39, 0.29) is 11.7 Å². The van der Waals surface area contributed by atoms with Gasteiger partial charge in [0.1, 0.15) is 0 Å². The number of carboxylic acids is 1. The van der Waals surface area contributed by atoms with Crippen LogP contribution < -0.4 is 0 Å². The van der Waals surface area contributed by atoms with Gasteiger partial charge in [0.15, 0.2) is 0 Å². The molecule has 0 aromatic heterocycles. The Balaban J connectivity index is 1.81. The summed E-state index contributed by atoms with van der Waals surface area (Å²) in [6.45, 7) is 0. The fourth-order valence-corrected chi connectivity index (χ4v) is 4.32. The summed E-state index contributed by atoms with van der Waals surface area (Å²) >= 11 is 7.52. The zero-order valence-electron chi connectivity index (χ0n) is 15.9. The van der Waals surface area contributed by atoms with E-state index in [1.807, 2.05) is 54.6 Å². The van der Waals surface area contributed by atoms with Gasteiger partial charge in [-0.1, -0.05) is 66.2 Å². The van der Waals surface area contributed by atoms with E-state index in [0.717, 1.165) is 15.8 Å². The van der Waals surface area contributed by atoms with E-state index < -0.39 is 12.1 Å². The number of aliphatic hydroxyl groups excluding tert-OH is 1. The fraction of sp³-hybridized carbons (Fsp3) is 0.208. The van der Waals surface area contributed by atoms with Crippen LogP contribution in [0.3, 0.4) is 0 Å². The standard InChI is InChI=1S/C24H23ClO3S/c25-19-12-14-20(15-13-19)29-23(22(26)9-4-10-24(27)28)16-11-18-7-3-6-17-5-1-2-8-21(17)18/h1-3,5-8,11-16,22-23,26H,4,9-10H2,(H,27,28)/b16-11+/t22-,23+/m1/s1. The van der Waals surface area contributed by atoms with Crippen LogP contribution in [0.1, 0.15) is 24.8 Å². The Labute approximate surface area is 180 Å². The third-order valence-electron chi connectivity index (χ3n) is 4.64. The van der Waals surface area contributed by atoms with Crippen molar-refractivity contribution in [1.29, 1.82) is 0 Å². The van der Waals surface area contributed by atoms with Crippen molar-refractivity contribution in [2.24, 2.45) is 0 Å². The first kappa shape index (κ1) is 21.4. The number of hydrogen-bond donors (Lipinski definition) is 2. The van der Waals surface area contributed by atoms with E-state index in [9.17, 15) is 9.90 Å². The molecule has 0 spiro atoms. The molecule has 0 fully saturated rings. The van der Waals surface area contributed by atoms with E-state index in [1.165, 1.54) is 5.39 Å². The number of benzene rings is 3. The highest BCUT2D eigenvalue weighted by Crippen LogP contribution is 2.30. The molecule has 0 aliphatic rings. The van der Waals surface area contributed by atoms with Gasteiger partial charge in [-0.25, -0.2) is 0 Å². The Hall–Kier alpha value is -2.27. The molecule has 0 aliphatic carbocycles. The number of carbonyl (C=O) groups is 1. The van der Waals surface area contributed by atoms with E-state index in [2.05, 4.69) is 24.3 Å². The van der Waals surface area contributed by atoms with Gasteiger partial charge >= 0.3 is 5.97 Å². The molecule has 2 N–H and O–H groups in total. The number of aliphatic carboxylic acids is 1. The van der Waals surface area contributed by atoms with Gasteiger partial charge in [-0.15, -0.1) is 11.8 Å². The summed E-state index contributed by atoms with van der Waals surface area (Å²) in [4.78, 5) is 11.8. The molecule has 5 heteroatoms. The number of rotatable bonds is 9. The normalized spacial score (nSPS) is 13.6. The predicted octanol–water partition coefficient (Wildman–Crippen LogP) is 6.28. The Morgan fingerprint density at radius 1 is 1.03 bits per heavy atom. The lowest BCUT2D eigenvalue weighted by atomic mass is 10.0. The summed E-state index contributed by atoms with van der Waals surface area (Å²) in [7, 11) is 0. The number of carboxylic acid groups (broad SMARTS) is 1. The molecule has 0 saturated carbocycles. The Bertz CT molecular complexity index is 980. The van der Waals surface area contributed by atoms with Crippen molar-refractivity contribution in [3.8, 4) is 0 Å². The molecule has 3 aromatic rings. The van der Waals surface area contributed by atoms with Crippen molar-refractivity contribution in [1.82, 2.24) is 0 Å². The smallest absolute Gasteiger partial charge is 0.303 e. The van der Waals surface area contributed by atoms with Gasteiger partial charge < -0.3 is 10.2 Å². The third-order valence-corrected chi connectivity index (χ3v) is 6.18. The molecule has 29 heavy (non-hydrogen) atoms. The van der Waals surface area contributed by atoms with Gasteiger partial charge in [0.25, 0.3) is 0 Å². The van der Waals surface area contributed by atoms with Crippen LogP contribution in [0.4, 0.5) is 0 Å². The van der Waals surface area contributed by atoms with Crippen LogP contribution in [0.15, 0.2) is 77.7 Å². The van der Waals surface area contributed by atoms with Gasteiger partial charge in [-0.2, -0.15) is 0 Å². The molecule has 0 radical (unpaired) electrons. The molecule has 0 amide bonds. The van der Waals surface area contributed by atoms with Crippen molar-refractivity contribution < 1.29 is 15.0 Å². The van der Waals surface area contributed by atoms with Gasteiger partial charge in [0.05, 0.1) is 11.4 Å². The average molecular weight is 427 g/mol. The molecule has 0 heterocycles. The summed E-state index contributed by atoms with van der Waals surface area (Å²) < 4.78 is 0. The van der Waals surface area contributed by atoms with Crippen LogP contribution in [0.2, 0.25) is 5.02 Å². The van der Waals surface area contributed by atoms with Crippen molar-refractivity contribution >= 4 is 46.2 Å². The van der Waals surface area contributed by atoms with Crippen LogP contribution >= 0.6 is 23.4 Å². The van der Waals surface area contributed by atoms with E-state index in [4.69, 9.17) is 16.7 Å². The van der Waals surface area contributed by atoms with Crippen LogP contribution in [0.25, 0.3) is 16.8 Å². The zero-order valence-corrected chi connectivity index (χ0v) is 17.4. The first-order valence-electron chi connectivity index (χ1n) is 9.51. The van der Waals surface area contributed by atoms with E-state index >= 15 is 0 Å². The number of thioether (sulfide) groups is 1. The molecule has 0 aliphatic heterocycles. The number of halogens is 1.